The smallest absolute Gasteiger partial charge is 0.0255 e. The lowest BCUT2D eigenvalue weighted by molar-refractivity contribution is 0.655. The molecule has 0 aliphatic carbocycles. The zero-order valence-corrected chi connectivity index (χ0v) is 8.88. The molecule has 14 heavy (non-hydrogen) atoms. The highest BCUT2D eigenvalue weighted by Crippen LogP contribution is 2.27. The van der Waals surface area contributed by atoms with E-state index in [-0.39, 0.29) is 0 Å². The molecule has 0 bridgehead atoms. The summed E-state index contributed by atoms with van der Waals surface area (Å²) in [5.74, 6) is 0.639. The third kappa shape index (κ3) is 1.54. The maximum Gasteiger partial charge on any atom is 0.0255 e. The molecule has 1 atom stereocenters. The molecule has 1 N–H and O–H groups in total. The minimum atomic E-state index is 0.639. The van der Waals surface area contributed by atoms with Gasteiger partial charge in [-0.1, -0.05) is 44.5 Å². The molecule has 1 aromatic heterocycles. The highest BCUT2D eigenvalue weighted by atomic mass is 14.7. The lowest BCUT2D eigenvalue weighted by Crippen LogP contribution is -1.93. The molecular weight excluding hydrogens is 170 g/mol. The summed E-state index contributed by atoms with van der Waals surface area (Å²) >= 11 is 0. The van der Waals surface area contributed by atoms with Gasteiger partial charge in [0.1, 0.15) is 0 Å². The third-order valence-corrected chi connectivity index (χ3v) is 2.85. The quantitative estimate of drug-likeness (QED) is 0.745. The van der Waals surface area contributed by atoms with Crippen LogP contribution in [0.15, 0.2) is 30.5 Å². The number of hydrogen-bond donors (Lipinski definition) is 1. The first-order valence-corrected chi connectivity index (χ1v) is 5.39. The monoisotopic (exact) mass is 187 g/mol. The minimum absolute atomic E-state index is 0.639. The van der Waals surface area contributed by atoms with Crippen LogP contribution in [0.2, 0.25) is 0 Å². The van der Waals surface area contributed by atoms with Crippen molar-refractivity contribution in [1.29, 1.82) is 0 Å². The average Bonchev–Trinajstić information content (AvgIpc) is 2.61. The SMILES string of the molecule is CCCC(C)c1[nH]cc2ccccc12. The molecule has 0 amide bonds. The Morgan fingerprint density at radius 2 is 2.07 bits per heavy atom. The van der Waals surface area contributed by atoms with E-state index in [9.17, 15) is 0 Å². The predicted molar refractivity (Wildman–Crippen MR) is 61.6 cm³/mol. The van der Waals surface area contributed by atoms with Crippen LogP contribution in [0.3, 0.4) is 0 Å². The molecule has 0 aliphatic rings. The number of aromatic nitrogens is 1. The van der Waals surface area contributed by atoms with Crippen molar-refractivity contribution < 1.29 is 0 Å². The number of hydrogen-bond acceptors (Lipinski definition) is 0. The Morgan fingerprint density at radius 3 is 2.86 bits per heavy atom. The van der Waals surface area contributed by atoms with Gasteiger partial charge in [-0.25, -0.2) is 0 Å². The number of aromatic amines is 1. The first kappa shape index (κ1) is 9.32. The molecular formula is C13H17N. The van der Waals surface area contributed by atoms with Crippen LogP contribution < -0.4 is 0 Å². The van der Waals surface area contributed by atoms with Gasteiger partial charge in [-0.3, -0.25) is 0 Å². The number of benzene rings is 1. The van der Waals surface area contributed by atoms with Crippen molar-refractivity contribution in [1.82, 2.24) is 4.98 Å². The molecule has 1 heteroatoms. The summed E-state index contributed by atoms with van der Waals surface area (Å²) in [6.45, 7) is 4.53. The van der Waals surface area contributed by atoms with Gasteiger partial charge < -0.3 is 4.98 Å². The van der Waals surface area contributed by atoms with E-state index >= 15 is 0 Å². The van der Waals surface area contributed by atoms with Crippen molar-refractivity contribution in [3.63, 3.8) is 0 Å². The van der Waals surface area contributed by atoms with Crippen molar-refractivity contribution in [3.05, 3.63) is 36.2 Å². The topological polar surface area (TPSA) is 15.8 Å². The molecule has 0 aliphatic heterocycles. The predicted octanol–water partition coefficient (Wildman–Crippen LogP) is 4.07. The van der Waals surface area contributed by atoms with Crippen molar-refractivity contribution in [2.24, 2.45) is 0 Å². The molecule has 74 valence electrons. The zero-order valence-electron chi connectivity index (χ0n) is 8.88. The first-order chi connectivity index (χ1) is 6.83. The highest BCUT2D eigenvalue weighted by Gasteiger charge is 2.09. The van der Waals surface area contributed by atoms with Gasteiger partial charge >= 0.3 is 0 Å². The van der Waals surface area contributed by atoms with Crippen LogP contribution in [0.25, 0.3) is 10.8 Å². The van der Waals surface area contributed by atoms with Gasteiger partial charge in [-0.2, -0.15) is 0 Å². The zero-order chi connectivity index (χ0) is 9.97. The van der Waals surface area contributed by atoms with Gasteiger partial charge in [0.2, 0.25) is 0 Å². The molecule has 1 unspecified atom stereocenters. The second kappa shape index (κ2) is 3.87. The summed E-state index contributed by atoms with van der Waals surface area (Å²) in [6.07, 6.45) is 4.61. The molecule has 2 aromatic rings. The van der Waals surface area contributed by atoms with Crippen LogP contribution >= 0.6 is 0 Å². The van der Waals surface area contributed by atoms with Gasteiger partial charge in [-0.15, -0.1) is 0 Å². The van der Waals surface area contributed by atoms with Crippen LogP contribution in [0.5, 0.6) is 0 Å². The minimum Gasteiger partial charge on any atom is -0.364 e. The van der Waals surface area contributed by atoms with Gasteiger partial charge in [0, 0.05) is 17.3 Å². The van der Waals surface area contributed by atoms with Crippen molar-refractivity contribution in [2.45, 2.75) is 32.6 Å². The molecule has 0 saturated heterocycles. The largest absolute Gasteiger partial charge is 0.364 e. The van der Waals surface area contributed by atoms with Crippen molar-refractivity contribution in [2.75, 3.05) is 0 Å². The Balaban J connectivity index is 2.42. The third-order valence-electron chi connectivity index (χ3n) is 2.85. The van der Waals surface area contributed by atoms with E-state index in [1.165, 1.54) is 29.3 Å². The first-order valence-electron chi connectivity index (χ1n) is 5.39. The Kier molecular flexibility index (Phi) is 2.58. The maximum atomic E-state index is 3.40. The van der Waals surface area contributed by atoms with Crippen LogP contribution in [-0.4, -0.2) is 4.98 Å². The van der Waals surface area contributed by atoms with Gasteiger partial charge in [0.15, 0.2) is 0 Å². The van der Waals surface area contributed by atoms with Gasteiger partial charge in [0.25, 0.3) is 0 Å². The fraction of sp³-hybridized carbons (Fsp3) is 0.385. The van der Waals surface area contributed by atoms with E-state index in [0.717, 1.165) is 0 Å². The number of fused-ring (bicyclic) bond motifs is 1. The lowest BCUT2D eigenvalue weighted by Gasteiger charge is -2.08. The van der Waals surface area contributed by atoms with Crippen molar-refractivity contribution in [3.8, 4) is 0 Å². The number of nitrogens with one attached hydrogen (secondary N) is 1. The van der Waals surface area contributed by atoms with Crippen LogP contribution in [0, 0.1) is 0 Å². The fourth-order valence-corrected chi connectivity index (χ4v) is 2.09. The Bertz CT molecular complexity index is 414. The lowest BCUT2D eigenvalue weighted by atomic mass is 9.99. The average molecular weight is 187 g/mol. The molecule has 0 fully saturated rings. The second-order valence-corrected chi connectivity index (χ2v) is 3.98. The highest BCUT2D eigenvalue weighted by molar-refractivity contribution is 5.85. The Labute approximate surface area is 85.1 Å². The second-order valence-electron chi connectivity index (χ2n) is 3.98. The molecule has 0 radical (unpaired) electrons. The molecule has 1 aromatic carbocycles. The van der Waals surface area contributed by atoms with Gasteiger partial charge in [-0.05, 0) is 17.7 Å². The van der Waals surface area contributed by atoms with E-state index < -0.39 is 0 Å². The molecule has 1 nitrogen and oxygen atoms in total. The summed E-state index contributed by atoms with van der Waals surface area (Å²) < 4.78 is 0. The number of H-pyrrole nitrogens is 1. The molecule has 0 saturated carbocycles. The van der Waals surface area contributed by atoms with Crippen molar-refractivity contribution >= 4 is 10.8 Å². The van der Waals surface area contributed by atoms with E-state index in [1.807, 2.05) is 0 Å². The fourth-order valence-electron chi connectivity index (χ4n) is 2.09. The van der Waals surface area contributed by atoms with E-state index in [1.54, 1.807) is 0 Å². The van der Waals surface area contributed by atoms with E-state index in [0.29, 0.717) is 5.92 Å². The normalized spacial score (nSPS) is 13.3. The standard InChI is InChI=1S/C13H17N/c1-3-6-10(2)13-12-8-5-4-7-11(12)9-14-13/h4-5,7-10,14H,3,6H2,1-2H3. The molecule has 2 rings (SSSR count). The Hall–Kier alpha value is -1.24. The summed E-state index contributed by atoms with van der Waals surface area (Å²) in [7, 11) is 0. The van der Waals surface area contributed by atoms with E-state index in [2.05, 4.69) is 49.3 Å². The molecule has 1 heterocycles. The van der Waals surface area contributed by atoms with E-state index in [4.69, 9.17) is 0 Å². The van der Waals surface area contributed by atoms with Crippen LogP contribution in [-0.2, 0) is 0 Å². The van der Waals surface area contributed by atoms with Gasteiger partial charge in [0.05, 0.1) is 0 Å². The number of rotatable bonds is 3. The summed E-state index contributed by atoms with van der Waals surface area (Å²) in [4.78, 5) is 3.40. The van der Waals surface area contributed by atoms with Crippen LogP contribution in [0.1, 0.15) is 38.3 Å². The Morgan fingerprint density at radius 1 is 1.29 bits per heavy atom. The summed E-state index contributed by atoms with van der Waals surface area (Å²) in [5.41, 5.74) is 1.39. The summed E-state index contributed by atoms with van der Waals surface area (Å²) in [6, 6.07) is 8.56. The maximum absolute atomic E-state index is 3.40. The molecule has 0 spiro atoms. The summed E-state index contributed by atoms with van der Waals surface area (Å²) in [5, 5.41) is 2.71. The van der Waals surface area contributed by atoms with Crippen LogP contribution in [0.4, 0.5) is 0 Å².